The molecular formula is C8H8O4S. The smallest absolute Gasteiger partial charge is 0.222 e. The van der Waals surface area contributed by atoms with Gasteiger partial charge in [-0.2, -0.15) is 0 Å². The Morgan fingerprint density at radius 1 is 1.23 bits per heavy atom. The fourth-order valence-electron chi connectivity index (χ4n) is 0.844. The average molecular weight is 200 g/mol. The molecule has 0 fully saturated rings. The molecule has 0 aliphatic heterocycles. The number of aromatic hydroxyl groups is 3. The molecule has 5 heteroatoms. The van der Waals surface area contributed by atoms with Gasteiger partial charge in [0.15, 0.2) is 11.5 Å². The van der Waals surface area contributed by atoms with Gasteiger partial charge in [-0.05, 0) is 18.4 Å². The Morgan fingerprint density at radius 2 is 1.85 bits per heavy atom. The largest absolute Gasteiger partial charge is 0.504 e. The van der Waals surface area contributed by atoms with Gasteiger partial charge in [0.1, 0.15) is 0 Å². The minimum Gasteiger partial charge on any atom is -0.504 e. The molecule has 0 amide bonds. The number of phenolic OH excluding ortho intramolecular Hbond substituents is 3. The average Bonchev–Trinajstić information content (AvgIpc) is 2.13. The Labute approximate surface area is 78.8 Å². The van der Waals surface area contributed by atoms with Crippen LogP contribution in [0.3, 0.4) is 0 Å². The van der Waals surface area contributed by atoms with Crippen molar-refractivity contribution in [2.24, 2.45) is 0 Å². The van der Waals surface area contributed by atoms with Crippen molar-refractivity contribution in [3.8, 4) is 17.2 Å². The topological polar surface area (TPSA) is 77.8 Å². The number of rotatable bonds is 1. The second kappa shape index (κ2) is 3.57. The molecule has 1 aromatic carbocycles. The first kappa shape index (κ1) is 9.73. The van der Waals surface area contributed by atoms with Gasteiger partial charge in [0.2, 0.25) is 10.9 Å². The molecule has 3 N–H and O–H groups in total. The van der Waals surface area contributed by atoms with Crippen molar-refractivity contribution in [2.45, 2.75) is 0 Å². The maximum Gasteiger partial charge on any atom is 0.222 e. The Morgan fingerprint density at radius 3 is 2.38 bits per heavy atom. The minimum absolute atomic E-state index is 0.0113. The van der Waals surface area contributed by atoms with Crippen molar-refractivity contribution >= 4 is 16.9 Å². The number of thioether (sulfide) groups is 1. The molecule has 0 saturated heterocycles. The van der Waals surface area contributed by atoms with E-state index in [9.17, 15) is 9.90 Å². The monoisotopic (exact) mass is 200 g/mol. The summed E-state index contributed by atoms with van der Waals surface area (Å²) in [6.07, 6.45) is 1.56. The lowest BCUT2D eigenvalue weighted by molar-refractivity contribution is 0.108. The highest BCUT2D eigenvalue weighted by Crippen LogP contribution is 2.37. The standard InChI is InChI=1S/C8H8O4S/c1-13-8(12)4-2-3-5(9)7(11)6(4)10/h2-3,9-11H,1H3. The highest BCUT2D eigenvalue weighted by molar-refractivity contribution is 8.13. The predicted octanol–water partition coefficient (Wildman–Crippen LogP) is 1.31. The zero-order valence-corrected chi connectivity index (χ0v) is 7.63. The van der Waals surface area contributed by atoms with Gasteiger partial charge in [0.25, 0.3) is 0 Å². The van der Waals surface area contributed by atoms with Crippen molar-refractivity contribution in [3.05, 3.63) is 17.7 Å². The third-order valence-corrected chi connectivity index (χ3v) is 2.13. The molecule has 1 aromatic rings. The normalized spacial score (nSPS) is 9.92. The number of phenols is 3. The van der Waals surface area contributed by atoms with Crippen LogP contribution in [0, 0.1) is 0 Å². The fraction of sp³-hybridized carbons (Fsp3) is 0.125. The molecule has 1 rings (SSSR count). The Balaban J connectivity index is 3.26. The lowest BCUT2D eigenvalue weighted by atomic mass is 10.2. The fourth-order valence-corrected chi connectivity index (χ4v) is 1.23. The van der Waals surface area contributed by atoms with E-state index in [2.05, 4.69) is 0 Å². The molecule has 13 heavy (non-hydrogen) atoms. The molecule has 0 aromatic heterocycles. The number of hydrogen-bond acceptors (Lipinski definition) is 5. The molecule has 0 aliphatic rings. The van der Waals surface area contributed by atoms with E-state index in [1.165, 1.54) is 6.07 Å². The van der Waals surface area contributed by atoms with Crippen LogP contribution in [0.5, 0.6) is 17.2 Å². The zero-order valence-electron chi connectivity index (χ0n) is 6.81. The maximum absolute atomic E-state index is 11.1. The SMILES string of the molecule is CSC(=O)c1ccc(O)c(O)c1O. The summed E-state index contributed by atoms with van der Waals surface area (Å²) in [5.41, 5.74) is -0.0113. The van der Waals surface area contributed by atoms with Gasteiger partial charge in [-0.3, -0.25) is 4.79 Å². The third-order valence-electron chi connectivity index (χ3n) is 1.54. The summed E-state index contributed by atoms with van der Waals surface area (Å²) in [7, 11) is 0. The minimum atomic E-state index is -0.667. The van der Waals surface area contributed by atoms with Crippen molar-refractivity contribution in [1.82, 2.24) is 0 Å². The van der Waals surface area contributed by atoms with Crippen LogP contribution in [-0.2, 0) is 0 Å². The zero-order chi connectivity index (χ0) is 10.0. The summed E-state index contributed by atoms with van der Waals surface area (Å²) in [4.78, 5) is 11.1. The summed E-state index contributed by atoms with van der Waals surface area (Å²) in [5, 5.41) is 26.9. The Bertz CT molecular complexity index is 348. The highest BCUT2D eigenvalue weighted by Gasteiger charge is 2.15. The van der Waals surface area contributed by atoms with Gasteiger partial charge in [-0.1, -0.05) is 11.8 Å². The van der Waals surface area contributed by atoms with Crippen molar-refractivity contribution in [1.29, 1.82) is 0 Å². The summed E-state index contributed by atoms with van der Waals surface area (Å²) in [5.74, 6) is -1.70. The first-order valence-corrected chi connectivity index (χ1v) is 4.62. The van der Waals surface area contributed by atoms with Crippen molar-refractivity contribution < 1.29 is 20.1 Å². The van der Waals surface area contributed by atoms with E-state index in [-0.39, 0.29) is 10.7 Å². The van der Waals surface area contributed by atoms with Crippen LogP contribution in [0.25, 0.3) is 0 Å². The highest BCUT2D eigenvalue weighted by atomic mass is 32.2. The molecule has 0 aliphatic carbocycles. The van der Waals surface area contributed by atoms with Gasteiger partial charge in [0.05, 0.1) is 5.56 Å². The van der Waals surface area contributed by atoms with E-state index in [1.807, 2.05) is 0 Å². The summed E-state index contributed by atoms with van der Waals surface area (Å²) < 4.78 is 0. The second-order valence-corrected chi connectivity index (χ2v) is 3.10. The molecule has 0 spiro atoms. The van der Waals surface area contributed by atoms with Crippen molar-refractivity contribution in [2.75, 3.05) is 6.26 Å². The van der Waals surface area contributed by atoms with E-state index in [4.69, 9.17) is 10.2 Å². The molecule has 0 radical (unpaired) electrons. The van der Waals surface area contributed by atoms with Crippen molar-refractivity contribution in [3.63, 3.8) is 0 Å². The number of benzene rings is 1. The molecule has 0 bridgehead atoms. The number of carbonyl (C=O) groups excluding carboxylic acids is 1. The van der Waals surface area contributed by atoms with E-state index in [1.54, 1.807) is 6.26 Å². The van der Waals surface area contributed by atoms with Crippen LogP contribution >= 0.6 is 11.8 Å². The third kappa shape index (κ3) is 1.70. The summed E-state index contributed by atoms with van der Waals surface area (Å²) >= 11 is 0.915. The molecule has 70 valence electrons. The molecule has 0 unspecified atom stereocenters. The lowest BCUT2D eigenvalue weighted by Gasteiger charge is -2.04. The molecule has 0 atom stereocenters. The molecular weight excluding hydrogens is 192 g/mol. The number of carbonyl (C=O) groups is 1. The van der Waals surface area contributed by atoms with Gasteiger partial charge < -0.3 is 15.3 Å². The van der Waals surface area contributed by atoms with E-state index < -0.39 is 17.2 Å². The molecule has 4 nitrogen and oxygen atoms in total. The molecule has 0 heterocycles. The predicted molar refractivity (Wildman–Crippen MR) is 49.3 cm³/mol. The quantitative estimate of drug-likeness (QED) is 0.596. The lowest BCUT2D eigenvalue weighted by Crippen LogP contribution is -1.92. The first-order chi connectivity index (χ1) is 6.07. The Kier molecular flexibility index (Phi) is 2.67. The van der Waals surface area contributed by atoms with Crippen LogP contribution in [0.15, 0.2) is 12.1 Å². The maximum atomic E-state index is 11.1. The van der Waals surface area contributed by atoms with Gasteiger partial charge in [-0.15, -0.1) is 0 Å². The van der Waals surface area contributed by atoms with Crippen LogP contribution in [-0.4, -0.2) is 26.7 Å². The number of hydrogen-bond donors (Lipinski definition) is 3. The van der Waals surface area contributed by atoms with Crippen LogP contribution in [0.1, 0.15) is 10.4 Å². The van der Waals surface area contributed by atoms with Crippen LogP contribution in [0.4, 0.5) is 0 Å². The second-order valence-electron chi connectivity index (χ2n) is 2.32. The van der Waals surface area contributed by atoms with Gasteiger partial charge in [-0.25, -0.2) is 0 Å². The summed E-state index contributed by atoms with van der Waals surface area (Å²) in [6.45, 7) is 0. The van der Waals surface area contributed by atoms with Crippen LogP contribution in [0.2, 0.25) is 0 Å². The van der Waals surface area contributed by atoms with Gasteiger partial charge >= 0.3 is 0 Å². The molecule has 0 saturated carbocycles. The summed E-state index contributed by atoms with van der Waals surface area (Å²) in [6, 6.07) is 2.40. The van der Waals surface area contributed by atoms with E-state index in [0.717, 1.165) is 17.8 Å². The van der Waals surface area contributed by atoms with E-state index in [0.29, 0.717) is 0 Å². The van der Waals surface area contributed by atoms with Crippen LogP contribution < -0.4 is 0 Å². The van der Waals surface area contributed by atoms with Gasteiger partial charge in [0, 0.05) is 0 Å². The Hall–Kier alpha value is -1.36. The first-order valence-electron chi connectivity index (χ1n) is 3.40. The van der Waals surface area contributed by atoms with E-state index >= 15 is 0 Å².